The summed E-state index contributed by atoms with van der Waals surface area (Å²) in [5.41, 5.74) is 1.30. The van der Waals surface area contributed by atoms with Crippen LogP contribution in [0, 0.1) is 0 Å². The van der Waals surface area contributed by atoms with E-state index in [0.717, 1.165) is 17.2 Å². The number of hydrogen-bond acceptors (Lipinski definition) is 3. The summed E-state index contributed by atoms with van der Waals surface area (Å²) in [6, 6.07) is 6.15. The maximum Gasteiger partial charge on any atom is 0.137 e. The maximum absolute atomic E-state index is 6.21. The Kier molecular flexibility index (Phi) is 6.14. The molecule has 2 rings (SSSR count). The van der Waals surface area contributed by atoms with E-state index in [4.69, 9.17) is 16.3 Å². The van der Waals surface area contributed by atoms with E-state index in [1.165, 1.54) is 44.7 Å². The second kappa shape index (κ2) is 7.87. The van der Waals surface area contributed by atoms with E-state index >= 15 is 0 Å². The van der Waals surface area contributed by atoms with Crippen LogP contribution in [0.2, 0.25) is 5.02 Å². The number of benzene rings is 1. The third-order valence-corrected chi connectivity index (χ3v) is 4.13. The first kappa shape index (κ1) is 15.6. The molecule has 1 aliphatic rings. The molecule has 1 aliphatic heterocycles. The Bertz CT molecular complexity index is 417. The van der Waals surface area contributed by atoms with Crippen molar-refractivity contribution in [1.29, 1.82) is 0 Å². The van der Waals surface area contributed by atoms with Crippen LogP contribution in [0.3, 0.4) is 0 Å². The largest absolute Gasteiger partial charge is 0.492 e. The predicted octanol–water partition coefficient (Wildman–Crippen LogP) is 2.92. The highest BCUT2D eigenvalue weighted by molar-refractivity contribution is 6.32. The summed E-state index contributed by atoms with van der Waals surface area (Å²) in [4.78, 5) is 4.94. The van der Waals surface area contributed by atoms with Crippen molar-refractivity contribution in [2.45, 2.75) is 19.8 Å². The van der Waals surface area contributed by atoms with Crippen molar-refractivity contribution in [3.63, 3.8) is 0 Å². The number of rotatable bonds is 6. The first-order valence-corrected chi connectivity index (χ1v) is 7.89. The molecule has 0 amide bonds. The van der Waals surface area contributed by atoms with Gasteiger partial charge in [0.1, 0.15) is 5.75 Å². The van der Waals surface area contributed by atoms with Crippen LogP contribution in [0.5, 0.6) is 5.75 Å². The molecule has 0 N–H and O–H groups in total. The lowest BCUT2D eigenvalue weighted by Crippen LogP contribution is -2.44. The van der Waals surface area contributed by atoms with Crippen molar-refractivity contribution in [3.05, 3.63) is 28.8 Å². The molecule has 0 saturated carbocycles. The number of nitrogens with zero attached hydrogens (tertiary/aromatic N) is 2. The van der Waals surface area contributed by atoms with Gasteiger partial charge < -0.3 is 14.5 Å². The highest BCUT2D eigenvalue weighted by Gasteiger charge is 2.12. The fraction of sp³-hybridized carbons (Fsp3) is 0.625. The quantitative estimate of drug-likeness (QED) is 0.803. The van der Waals surface area contributed by atoms with Crippen LogP contribution in [-0.2, 0) is 6.42 Å². The van der Waals surface area contributed by atoms with Gasteiger partial charge in [-0.15, -0.1) is 0 Å². The first-order chi connectivity index (χ1) is 9.69. The zero-order chi connectivity index (χ0) is 14.4. The summed E-state index contributed by atoms with van der Waals surface area (Å²) >= 11 is 6.21. The average molecular weight is 297 g/mol. The summed E-state index contributed by atoms with van der Waals surface area (Å²) in [6.07, 6.45) is 2.27. The second-order valence-electron chi connectivity index (χ2n) is 5.45. The van der Waals surface area contributed by atoms with Gasteiger partial charge in [0, 0.05) is 26.2 Å². The van der Waals surface area contributed by atoms with Crippen LogP contribution in [0.25, 0.3) is 0 Å². The molecule has 112 valence electrons. The Labute approximate surface area is 127 Å². The van der Waals surface area contributed by atoms with E-state index < -0.39 is 0 Å². The van der Waals surface area contributed by atoms with E-state index in [0.29, 0.717) is 6.61 Å². The third-order valence-electron chi connectivity index (χ3n) is 3.83. The van der Waals surface area contributed by atoms with Crippen LogP contribution in [0.4, 0.5) is 0 Å². The van der Waals surface area contributed by atoms with Gasteiger partial charge in [-0.3, -0.25) is 0 Å². The zero-order valence-electron chi connectivity index (χ0n) is 12.6. The molecule has 4 heteroatoms. The molecule has 3 nitrogen and oxygen atoms in total. The van der Waals surface area contributed by atoms with Crippen molar-refractivity contribution in [2.75, 3.05) is 46.4 Å². The summed E-state index contributed by atoms with van der Waals surface area (Å²) in [5.74, 6) is 0.789. The van der Waals surface area contributed by atoms with Gasteiger partial charge in [0.05, 0.1) is 11.6 Å². The van der Waals surface area contributed by atoms with Crippen LogP contribution in [0.15, 0.2) is 18.2 Å². The fourth-order valence-electron chi connectivity index (χ4n) is 2.55. The van der Waals surface area contributed by atoms with Crippen LogP contribution in [-0.4, -0.2) is 56.2 Å². The molecular weight excluding hydrogens is 272 g/mol. The van der Waals surface area contributed by atoms with Crippen LogP contribution in [0.1, 0.15) is 18.9 Å². The molecule has 0 unspecified atom stereocenters. The Morgan fingerprint density at radius 2 is 1.95 bits per heavy atom. The molecule has 0 atom stereocenters. The molecule has 1 fully saturated rings. The highest BCUT2D eigenvalue weighted by Crippen LogP contribution is 2.25. The maximum atomic E-state index is 6.21. The SMILES string of the molecule is CCOc1ccc(CCCN2CCN(C)CC2)cc1Cl. The summed E-state index contributed by atoms with van der Waals surface area (Å²) in [5, 5.41) is 0.726. The first-order valence-electron chi connectivity index (χ1n) is 7.51. The molecular formula is C16H25ClN2O. The molecule has 0 aromatic heterocycles. The summed E-state index contributed by atoms with van der Waals surface area (Å²) < 4.78 is 5.46. The predicted molar refractivity (Wildman–Crippen MR) is 84.9 cm³/mol. The smallest absolute Gasteiger partial charge is 0.137 e. The average Bonchev–Trinajstić information content (AvgIpc) is 2.44. The van der Waals surface area contributed by atoms with Crippen LogP contribution < -0.4 is 4.74 Å². The van der Waals surface area contributed by atoms with Gasteiger partial charge in [-0.25, -0.2) is 0 Å². The number of piperazine rings is 1. The normalized spacial score (nSPS) is 17.4. The van der Waals surface area contributed by atoms with Crippen molar-refractivity contribution in [2.24, 2.45) is 0 Å². The van der Waals surface area contributed by atoms with E-state index in [9.17, 15) is 0 Å². The monoisotopic (exact) mass is 296 g/mol. The molecule has 0 aliphatic carbocycles. The molecule has 1 heterocycles. The minimum Gasteiger partial charge on any atom is -0.492 e. The zero-order valence-corrected chi connectivity index (χ0v) is 13.3. The minimum absolute atomic E-state index is 0.655. The number of ether oxygens (including phenoxy) is 1. The molecule has 0 radical (unpaired) electrons. The molecule has 0 bridgehead atoms. The molecule has 1 aromatic rings. The van der Waals surface area contributed by atoms with Crippen molar-refractivity contribution in [3.8, 4) is 5.75 Å². The topological polar surface area (TPSA) is 15.7 Å². The molecule has 0 spiro atoms. The lowest BCUT2D eigenvalue weighted by atomic mass is 10.1. The molecule has 20 heavy (non-hydrogen) atoms. The van der Waals surface area contributed by atoms with E-state index in [1.54, 1.807) is 0 Å². The minimum atomic E-state index is 0.655. The molecule has 1 saturated heterocycles. The molecule has 1 aromatic carbocycles. The lowest BCUT2D eigenvalue weighted by molar-refractivity contribution is 0.153. The van der Waals surface area contributed by atoms with Gasteiger partial charge in [-0.05, 0) is 51.1 Å². The Morgan fingerprint density at radius 1 is 1.20 bits per heavy atom. The van der Waals surface area contributed by atoms with Gasteiger partial charge in [-0.2, -0.15) is 0 Å². The number of aryl methyl sites for hydroxylation is 1. The van der Waals surface area contributed by atoms with Gasteiger partial charge >= 0.3 is 0 Å². The number of likely N-dealkylation sites (N-methyl/N-ethyl adjacent to an activating group) is 1. The highest BCUT2D eigenvalue weighted by atomic mass is 35.5. The van der Waals surface area contributed by atoms with Crippen molar-refractivity contribution in [1.82, 2.24) is 9.80 Å². The Morgan fingerprint density at radius 3 is 2.60 bits per heavy atom. The van der Waals surface area contributed by atoms with Crippen molar-refractivity contribution >= 4 is 11.6 Å². The van der Waals surface area contributed by atoms with Gasteiger partial charge in [0.25, 0.3) is 0 Å². The Hall–Kier alpha value is -0.770. The van der Waals surface area contributed by atoms with Crippen LogP contribution >= 0.6 is 11.6 Å². The number of halogens is 1. The van der Waals surface area contributed by atoms with Gasteiger partial charge in [0.2, 0.25) is 0 Å². The summed E-state index contributed by atoms with van der Waals surface area (Å²) in [7, 11) is 2.19. The lowest BCUT2D eigenvalue weighted by Gasteiger charge is -2.32. The standard InChI is InChI=1S/C16H25ClN2O/c1-3-20-16-7-6-14(13-15(16)17)5-4-8-19-11-9-18(2)10-12-19/h6-7,13H,3-5,8-12H2,1-2H3. The van der Waals surface area contributed by atoms with Crippen molar-refractivity contribution < 1.29 is 4.74 Å². The van der Waals surface area contributed by atoms with E-state index in [2.05, 4.69) is 22.9 Å². The fourth-order valence-corrected chi connectivity index (χ4v) is 2.81. The number of hydrogen-bond donors (Lipinski definition) is 0. The second-order valence-corrected chi connectivity index (χ2v) is 5.85. The van der Waals surface area contributed by atoms with Gasteiger partial charge in [0.15, 0.2) is 0 Å². The summed E-state index contributed by atoms with van der Waals surface area (Å²) in [6.45, 7) is 8.58. The third kappa shape index (κ3) is 4.65. The van der Waals surface area contributed by atoms with E-state index in [1.807, 2.05) is 19.1 Å². The van der Waals surface area contributed by atoms with E-state index in [-0.39, 0.29) is 0 Å². The van der Waals surface area contributed by atoms with Gasteiger partial charge in [-0.1, -0.05) is 17.7 Å². The Balaban J connectivity index is 1.75.